The van der Waals surface area contributed by atoms with Crippen LogP contribution < -0.4 is 5.32 Å². The van der Waals surface area contributed by atoms with E-state index >= 15 is 0 Å². The van der Waals surface area contributed by atoms with Crippen LogP contribution in [0.5, 0.6) is 0 Å². The van der Waals surface area contributed by atoms with E-state index in [2.05, 4.69) is 17.4 Å². The van der Waals surface area contributed by atoms with E-state index in [1.165, 1.54) is 12.1 Å². The smallest absolute Gasteiger partial charge is 0.407 e. The maximum atomic E-state index is 14.4. The molecule has 1 amide bonds. The number of hydrogen-bond donors (Lipinski definition) is 2. The summed E-state index contributed by atoms with van der Waals surface area (Å²) in [6, 6.07) is 20.5. The largest absolute Gasteiger partial charge is 0.477 e. The van der Waals surface area contributed by atoms with Crippen LogP contribution >= 0.6 is 11.3 Å². The molecule has 7 heteroatoms. The Morgan fingerprint density at radius 1 is 0.969 bits per heavy atom. The van der Waals surface area contributed by atoms with Crippen LogP contribution in [0.2, 0.25) is 0 Å². The van der Waals surface area contributed by atoms with Gasteiger partial charge in [-0.05, 0) is 34.4 Å². The predicted octanol–water partition coefficient (Wildman–Crippen LogP) is 5.78. The van der Waals surface area contributed by atoms with Crippen LogP contribution in [0.25, 0.3) is 21.2 Å². The second kappa shape index (κ2) is 8.09. The summed E-state index contributed by atoms with van der Waals surface area (Å²) in [5.74, 6) is -1.76. The highest BCUT2D eigenvalue weighted by Gasteiger charge is 2.29. The summed E-state index contributed by atoms with van der Waals surface area (Å²) in [5.41, 5.74) is 4.69. The highest BCUT2D eigenvalue weighted by atomic mass is 32.1. The van der Waals surface area contributed by atoms with Gasteiger partial charge in [0.25, 0.3) is 0 Å². The number of carboxylic acids is 1. The lowest BCUT2D eigenvalue weighted by Crippen LogP contribution is -2.26. The van der Waals surface area contributed by atoms with Gasteiger partial charge >= 0.3 is 12.1 Å². The lowest BCUT2D eigenvalue weighted by molar-refractivity contribution is 0.0700. The third-order valence-electron chi connectivity index (χ3n) is 5.71. The zero-order chi connectivity index (χ0) is 22.2. The Balaban J connectivity index is 1.32. The molecule has 0 atom stereocenters. The number of halogens is 1. The molecule has 0 fully saturated rings. The van der Waals surface area contributed by atoms with Gasteiger partial charge < -0.3 is 15.2 Å². The first-order valence-corrected chi connectivity index (χ1v) is 10.9. The predicted molar refractivity (Wildman–Crippen MR) is 121 cm³/mol. The van der Waals surface area contributed by atoms with Gasteiger partial charge in [0.05, 0.1) is 0 Å². The van der Waals surface area contributed by atoms with E-state index < -0.39 is 17.9 Å². The van der Waals surface area contributed by atoms with Crippen molar-refractivity contribution in [2.75, 3.05) is 6.61 Å². The van der Waals surface area contributed by atoms with E-state index in [0.717, 1.165) is 33.6 Å². The molecule has 1 heterocycles. The van der Waals surface area contributed by atoms with Crippen molar-refractivity contribution in [1.29, 1.82) is 0 Å². The number of aromatic carboxylic acids is 1. The van der Waals surface area contributed by atoms with Gasteiger partial charge in [-0.15, -0.1) is 11.3 Å². The van der Waals surface area contributed by atoms with Crippen LogP contribution in [0.1, 0.15) is 32.3 Å². The van der Waals surface area contributed by atoms with Gasteiger partial charge in [0.15, 0.2) is 0 Å². The molecule has 0 saturated carbocycles. The van der Waals surface area contributed by atoms with Crippen LogP contribution in [0, 0.1) is 5.82 Å². The summed E-state index contributed by atoms with van der Waals surface area (Å²) in [7, 11) is 0. The minimum Gasteiger partial charge on any atom is -0.477 e. The molecule has 5 rings (SSSR count). The average molecular weight is 447 g/mol. The lowest BCUT2D eigenvalue weighted by Gasteiger charge is -2.14. The van der Waals surface area contributed by atoms with Crippen LogP contribution in [0.3, 0.4) is 0 Å². The number of nitrogens with one attached hydrogen (secondary N) is 1. The summed E-state index contributed by atoms with van der Waals surface area (Å²) in [4.78, 5) is 24.1. The highest BCUT2D eigenvalue weighted by molar-refractivity contribution is 7.21. The molecule has 0 saturated heterocycles. The zero-order valence-corrected chi connectivity index (χ0v) is 17.6. The van der Waals surface area contributed by atoms with Crippen LogP contribution in [0.4, 0.5) is 9.18 Å². The van der Waals surface area contributed by atoms with Gasteiger partial charge in [0.2, 0.25) is 0 Å². The molecule has 1 aromatic heterocycles. The number of thiophene rings is 1. The van der Waals surface area contributed by atoms with Crippen molar-refractivity contribution in [2.45, 2.75) is 12.5 Å². The average Bonchev–Trinajstić information content (AvgIpc) is 3.33. The molecule has 5 nitrogen and oxygen atoms in total. The number of fused-ring (bicyclic) bond motifs is 4. The molecule has 0 aliphatic heterocycles. The third kappa shape index (κ3) is 3.40. The van der Waals surface area contributed by atoms with Gasteiger partial charge in [-0.25, -0.2) is 14.0 Å². The minimum absolute atomic E-state index is 0.00375. The SMILES string of the molecule is O=C(NCc1c(C(=O)O)sc2cccc(F)c12)OCC1c2ccccc2-c2ccccc21. The number of rotatable bonds is 5. The van der Waals surface area contributed by atoms with Crippen LogP contribution in [0.15, 0.2) is 66.7 Å². The van der Waals surface area contributed by atoms with E-state index in [0.29, 0.717) is 4.70 Å². The molecule has 0 radical (unpaired) electrons. The molecule has 0 unspecified atom stereocenters. The summed E-state index contributed by atoms with van der Waals surface area (Å²) in [5, 5.41) is 12.3. The standard InChI is InChI=1S/C25H18FNO4S/c26-20-10-5-11-21-22(20)18(23(32-21)24(28)29)12-27-25(30)31-13-19-16-8-3-1-6-14(16)15-7-2-4-9-17(15)19/h1-11,19H,12-13H2,(H,27,30)(H,28,29). The highest BCUT2D eigenvalue weighted by Crippen LogP contribution is 2.44. The second-order valence-corrected chi connectivity index (χ2v) is 8.56. The van der Waals surface area contributed by atoms with Crippen molar-refractivity contribution in [2.24, 2.45) is 0 Å². The molecule has 1 aliphatic carbocycles. The second-order valence-electron chi connectivity index (χ2n) is 7.51. The number of benzene rings is 3. The Labute approximate surface area is 187 Å². The van der Waals surface area contributed by atoms with Gasteiger partial charge in [0, 0.05) is 28.1 Å². The van der Waals surface area contributed by atoms with Crippen LogP contribution in [-0.4, -0.2) is 23.8 Å². The van der Waals surface area contributed by atoms with E-state index in [4.69, 9.17) is 4.74 Å². The first kappa shape index (κ1) is 20.2. The molecule has 3 aromatic carbocycles. The first-order valence-electron chi connectivity index (χ1n) is 10.1. The minimum atomic E-state index is -1.16. The third-order valence-corrected chi connectivity index (χ3v) is 6.90. The summed E-state index contributed by atoms with van der Waals surface area (Å²) >= 11 is 0.984. The molecule has 0 spiro atoms. The summed E-state index contributed by atoms with van der Waals surface area (Å²) in [6.07, 6.45) is -0.682. The molecule has 0 bridgehead atoms. The summed E-state index contributed by atoms with van der Waals surface area (Å²) in [6.45, 7) is 0.00361. The Hall–Kier alpha value is -3.71. The zero-order valence-electron chi connectivity index (χ0n) is 16.8. The maximum Gasteiger partial charge on any atom is 0.407 e. The van der Waals surface area contributed by atoms with Gasteiger partial charge in [-0.1, -0.05) is 54.6 Å². The van der Waals surface area contributed by atoms with Crippen molar-refractivity contribution in [3.05, 3.63) is 94.1 Å². The normalized spacial score (nSPS) is 12.4. The van der Waals surface area contributed by atoms with Gasteiger partial charge in [-0.2, -0.15) is 0 Å². The topological polar surface area (TPSA) is 75.6 Å². The molecule has 4 aromatic rings. The van der Waals surface area contributed by atoms with E-state index in [9.17, 15) is 19.1 Å². The lowest BCUT2D eigenvalue weighted by atomic mass is 9.98. The number of hydrogen-bond acceptors (Lipinski definition) is 4. The van der Waals surface area contributed by atoms with E-state index in [-0.39, 0.29) is 34.9 Å². The fourth-order valence-electron chi connectivity index (χ4n) is 4.32. The first-order chi connectivity index (χ1) is 15.5. The number of alkyl carbamates (subject to hydrolysis) is 1. The fourth-order valence-corrected chi connectivity index (χ4v) is 5.39. The van der Waals surface area contributed by atoms with Crippen molar-refractivity contribution < 1.29 is 23.8 Å². The van der Waals surface area contributed by atoms with Crippen molar-refractivity contribution in [3.63, 3.8) is 0 Å². The molecule has 32 heavy (non-hydrogen) atoms. The van der Waals surface area contributed by atoms with E-state index in [1.807, 2.05) is 36.4 Å². The van der Waals surface area contributed by atoms with Crippen molar-refractivity contribution in [1.82, 2.24) is 5.32 Å². The van der Waals surface area contributed by atoms with Crippen molar-refractivity contribution >= 4 is 33.5 Å². The van der Waals surface area contributed by atoms with Crippen LogP contribution in [-0.2, 0) is 11.3 Å². The molecule has 160 valence electrons. The molecule has 2 N–H and O–H groups in total. The number of amides is 1. The molecule has 1 aliphatic rings. The monoisotopic (exact) mass is 447 g/mol. The molecular formula is C25H18FNO4S. The Kier molecular flexibility index (Phi) is 5.11. The van der Waals surface area contributed by atoms with Gasteiger partial charge in [-0.3, -0.25) is 0 Å². The molecular weight excluding hydrogens is 429 g/mol. The summed E-state index contributed by atoms with van der Waals surface area (Å²) < 4.78 is 20.4. The number of carbonyl (C=O) groups excluding carboxylic acids is 1. The van der Waals surface area contributed by atoms with Gasteiger partial charge in [0.1, 0.15) is 17.3 Å². The number of carboxylic acid groups (broad SMARTS) is 1. The van der Waals surface area contributed by atoms with E-state index in [1.54, 1.807) is 6.07 Å². The Bertz CT molecular complexity index is 1320. The number of carbonyl (C=O) groups is 2. The van der Waals surface area contributed by atoms with Crippen molar-refractivity contribution in [3.8, 4) is 11.1 Å². The Morgan fingerprint density at radius 2 is 1.62 bits per heavy atom. The maximum absolute atomic E-state index is 14.4. The Morgan fingerprint density at radius 3 is 2.28 bits per heavy atom. The number of ether oxygens (including phenoxy) is 1. The fraction of sp³-hybridized carbons (Fsp3) is 0.120. The quantitative estimate of drug-likeness (QED) is 0.407.